The first-order chi connectivity index (χ1) is 23.1. The number of rotatable bonds is 8. The van der Waals surface area contributed by atoms with Crippen molar-refractivity contribution in [2.45, 2.75) is 124 Å². The van der Waals surface area contributed by atoms with Crippen LogP contribution in [0.15, 0.2) is 35.5 Å². The molecule has 4 saturated carbocycles. The number of amides is 2. The van der Waals surface area contributed by atoms with E-state index in [1.54, 1.807) is 0 Å². The first kappa shape index (κ1) is 35.3. The topological polar surface area (TPSA) is 81.7 Å². The van der Waals surface area contributed by atoms with Crippen LogP contribution >= 0.6 is 0 Å². The number of halogens is 1. The number of carboxylic acid groups (broad SMARTS) is 1. The Morgan fingerprint density at radius 2 is 1.78 bits per heavy atom. The minimum Gasteiger partial charge on any atom is -0.481 e. The van der Waals surface area contributed by atoms with Crippen LogP contribution in [0.4, 0.5) is 9.18 Å². The molecule has 0 bridgehead atoms. The Kier molecular flexibility index (Phi) is 8.60. The summed E-state index contributed by atoms with van der Waals surface area (Å²) in [6.45, 7) is 22.2. The van der Waals surface area contributed by atoms with Crippen molar-refractivity contribution in [1.82, 2.24) is 15.5 Å². The lowest BCUT2D eigenvalue weighted by molar-refractivity contribution is -0.221. The fourth-order valence-electron chi connectivity index (χ4n) is 14.3. The minimum absolute atomic E-state index is 0.00869. The maximum atomic E-state index is 14.0. The highest BCUT2D eigenvalue weighted by atomic mass is 19.1. The summed E-state index contributed by atoms with van der Waals surface area (Å²) in [6.07, 6.45) is 17.0. The number of carbonyl (C=O) groups is 2. The van der Waals surface area contributed by atoms with Crippen LogP contribution in [-0.4, -0.2) is 60.4 Å². The molecule has 2 amide bonds. The normalized spacial score (nSPS) is 45.7. The molecule has 1 aliphatic heterocycles. The van der Waals surface area contributed by atoms with Crippen molar-refractivity contribution < 1.29 is 19.1 Å². The zero-order valence-electron chi connectivity index (χ0n) is 31.4. The molecule has 6 nitrogen and oxygen atoms in total. The number of urea groups is 1. The zero-order valence-corrected chi connectivity index (χ0v) is 31.4. The lowest BCUT2D eigenvalue weighted by Gasteiger charge is -2.72. The zero-order chi connectivity index (χ0) is 35.2. The fourth-order valence-corrected chi connectivity index (χ4v) is 14.3. The number of nitrogens with one attached hydrogen (secondary N) is 2. The lowest BCUT2D eigenvalue weighted by Crippen LogP contribution is -2.68. The highest BCUT2D eigenvalue weighted by Gasteiger charge is 2.70. The Morgan fingerprint density at radius 3 is 2.41 bits per heavy atom. The summed E-state index contributed by atoms with van der Waals surface area (Å²) in [5.74, 6) is 2.03. The molecule has 0 unspecified atom stereocenters. The van der Waals surface area contributed by atoms with Crippen LogP contribution in [0.3, 0.4) is 0 Å². The SMILES string of the molecule is C=C(C)[C@@H]1CC[C@]2(NCCN3CCNC3=O)CC[C@]3(C)[C@H](CC[C@@H]4[C@@]5(C)CC=C(C6=CC[C@](CF)(C(=O)O)CC6)C(C)(C)[C@@H]5CC[C@]43C)[C@@H]12. The molecule has 0 spiro atoms. The van der Waals surface area contributed by atoms with Gasteiger partial charge >= 0.3 is 12.0 Å². The molecule has 1 heterocycles. The lowest BCUT2D eigenvalue weighted by atomic mass is 9.33. The first-order valence-electron chi connectivity index (χ1n) is 19.7. The Morgan fingerprint density at radius 1 is 1.00 bits per heavy atom. The molecule has 7 heteroatoms. The predicted octanol–water partition coefficient (Wildman–Crippen LogP) is 8.70. The summed E-state index contributed by atoms with van der Waals surface area (Å²) < 4.78 is 14.0. The van der Waals surface area contributed by atoms with Crippen LogP contribution in [0, 0.1) is 56.7 Å². The summed E-state index contributed by atoms with van der Waals surface area (Å²) >= 11 is 0. The van der Waals surface area contributed by atoms with Crippen LogP contribution in [0.25, 0.3) is 0 Å². The third-order valence-electron chi connectivity index (χ3n) is 17.1. The number of alkyl halides is 1. The van der Waals surface area contributed by atoms with Gasteiger partial charge in [0.1, 0.15) is 6.67 Å². The number of carboxylic acids is 1. The third-order valence-corrected chi connectivity index (χ3v) is 17.1. The highest BCUT2D eigenvalue weighted by molar-refractivity contribution is 5.76. The van der Waals surface area contributed by atoms with Crippen molar-refractivity contribution in [3.8, 4) is 0 Å². The molecule has 10 atom stereocenters. The number of nitrogens with zero attached hydrogens (tertiary/aromatic N) is 1. The molecule has 49 heavy (non-hydrogen) atoms. The van der Waals surface area contributed by atoms with E-state index in [0.717, 1.165) is 32.6 Å². The molecule has 0 aromatic carbocycles. The molecule has 0 radical (unpaired) electrons. The molecule has 7 aliphatic rings. The quantitative estimate of drug-likeness (QED) is 0.225. The Bertz CT molecular complexity index is 1450. The maximum Gasteiger partial charge on any atom is 0.317 e. The second-order valence-electron chi connectivity index (χ2n) is 19.2. The average molecular weight is 678 g/mol. The molecule has 6 aliphatic carbocycles. The van der Waals surface area contributed by atoms with Gasteiger partial charge in [0.15, 0.2) is 0 Å². The van der Waals surface area contributed by atoms with Gasteiger partial charge < -0.3 is 20.6 Å². The molecule has 7 rings (SSSR count). The second-order valence-corrected chi connectivity index (χ2v) is 19.2. The van der Waals surface area contributed by atoms with E-state index in [0.29, 0.717) is 48.9 Å². The largest absolute Gasteiger partial charge is 0.481 e. The Balaban J connectivity index is 1.16. The van der Waals surface area contributed by atoms with Crippen molar-refractivity contribution in [1.29, 1.82) is 0 Å². The van der Waals surface area contributed by atoms with Crippen LogP contribution < -0.4 is 10.6 Å². The number of hydrogen-bond acceptors (Lipinski definition) is 3. The summed E-state index contributed by atoms with van der Waals surface area (Å²) in [5.41, 5.74) is 3.64. The smallest absolute Gasteiger partial charge is 0.317 e. The van der Waals surface area contributed by atoms with E-state index < -0.39 is 18.1 Å². The van der Waals surface area contributed by atoms with Gasteiger partial charge in [-0.25, -0.2) is 9.18 Å². The molecular weight excluding hydrogens is 613 g/mol. The highest BCUT2D eigenvalue weighted by Crippen LogP contribution is 2.76. The Hall–Kier alpha value is -2.15. The van der Waals surface area contributed by atoms with Gasteiger partial charge in [-0.2, -0.15) is 0 Å². The maximum absolute atomic E-state index is 14.0. The van der Waals surface area contributed by atoms with Gasteiger partial charge in [0.05, 0.1) is 5.41 Å². The number of allylic oxidation sites excluding steroid dienone is 5. The summed E-state index contributed by atoms with van der Waals surface area (Å²) in [7, 11) is 0. The van der Waals surface area contributed by atoms with Gasteiger partial charge in [-0.15, -0.1) is 0 Å². The van der Waals surface area contributed by atoms with E-state index in [2.05, 4.69) is 70.9 Å². The number of hydrogen-bond donors (Lipinski definition) is 3. The van der Waals surface area contributed by atoms with Gasteiger partial charge in [-0.3, -0.25) is 4.79 Å². The van der Waals surface area contributed by atoms with E-state index in [4.69, 9.17) is 0 Å². The van der Waals surface area contributed by atoms with Crippen molar-refractivity contribution in [2.75, 3.05) is 32.9 Å². The third kappa shape index (κ3) is 5.00. The van der Waals surface area contributed by atoms with Crippen molar-refractivity contribution >= 4 is 12.0 Å². The molecular formula is C42H64FN3O3. The molecule has 0 aromatic heterocycles. The van der Waals surface area contributed by atoms with E-state index >= 15 is 0 Å². The monoisotopic (exact) mass is 677 g/mol. The van der Waals surface area contributed by atoms with Crippen molar-refractivity contribution in [2.24, 2.45) is 56.7 Å². The van der Waals surface area contributed by atoms with Crippen LogP contribution in [0.5, 0.6) is 0 Å². The van der Waals surface area contributed by atoms with Crippen LogP contribution in [0.1, 0.15) is 119 Å². The molecule has 272 valence electrons. The summed E-state index contributed by atoms with van der Waals surface area (Å²) in [6, 6.07) is 0.0778. The van der Waals surface area contributed by atoms with Gasteiger partial charge in [-0.05, 0) is 146 Å². The minimum atomic E-state index is -1.25. The van der Waals surface area contributed by atoms with E-state index in [1.807, 2.05) is 4.90 Å². The predicted molar refractivity (Wildman–Crippen MR) is 194 cm³/mol. The van der Waals surface area contributed by atoms with E-state index in [9.17, 15) is 19.1 Å². The van der Waals surface area contributed by atoms with Crippen LogP contribution in [-0.2, 0) is 4.79 Å². The van der Waals surface area contributed by atoms with Gasteiger partial charge in [0.2, 0.25) is 0 Å². The number of aliphatic carboxylic acids is 1. The molecule has 3 N–H and O–H groups in total. The van der Waals surface area contributed by atoms with Crippen molar-refractivity contribution in [3.63, 3.8) is 0 Å². The standard InChI is InChI=1S/C42H64FN3O3/c1-27(2)29-12-19-42(45-23-25-46-24-22-44-36(46)49)21-20-39(6)31(34(29)42)8-9-33-38(5)15-13-30(37(3,4)32(38)14-16-40(33,39)7)28-10-17-41(26-43,18-11-28)35(47)48/h10,13,29,31-34,45H,1,8-9,11-12,14-26H2,2-7H3,(H,44,49)(H,47,48)/t29-,31+,32-,33+,34+,38-,39+,40+,41-,42-/m0/s1. The number of carbonyl (C=O) groups excluding carboxylic acids is 1. The summed E-state index contributed by atoms with van der Waals surface area (Å²) in [4.78, 5) is 26.2. The fraction of sp³-hybridized carbons (Fsp3) is 0.810. The molecule has 0 aromatic rings. The van der Waals surface area contributed by atoms with Crippen molar-refractivity contribution in [3.05, 3.63) is 35.5 Å². The van der Waals surface area contributed by atoms with E-state index in [-0.39, 0.29) is 33.2 Å². The van der Waals surface area contributed by atoms with E-state index in [1.165, 1.54) is 68.1 Å². The van der Waals surface area contributed by atoms with Gasteiger partial charge in [-0.1, -0.05) is 58.9 Å². The first-order valence-corrected chi connectivity index (χ1v) is 19.7. The van der Waals surface area contributed by atoms with Gasteiger partial charge in [0, 0.05) is 31.7 Å². The average Bonchev–Trinajstić information content (AvgIpc) is 3.65. The van der Waals surface area contributed by atoms with Crippen LogP contribution in [0.2, 0.25) is 0 Å². The molecule has 5 fully saturated rings. The van der Waals surface area contributed by atoms with Gasteiger partial charge in [0.25, 0.3) is 0 Å². The second kappa shape index (κ2) is 12.0. The molecule has 1 saturated heterocycles. The number of fused-ring (bicyclic) bond motifs is 7. The Labute approximate surface area is 295 Å². The summed E-state index contributed by atoms with van der Waals surface area (Å²) in [5, 5.41) is 16.9.